The number of benzene rings is 3. The molecule has 4 rings (SSSR count). The van der Waals surface area contributed by atoms with E-state index in [1.54, 1.807) is 12.1 Å². The molecule has 120 valence electrons. The molecule has 0 bridgehead atoms. The van der Waals surface area contributed by atoms with Crippen LogP contribution in [0.25, 0.3) is 11.1 Å². The van der Waals surface area contributed by atoms with Gasteiger partial charge < -0.3 is 9.47 Å². The number of hydrogen-bond acceptors (Lipinski definition) is 2. The molecular formula is C20H14ClFO2. The van der Waals surface area contributed by atoms with Crippen molar-refractivity contribution in [1.82, 2.24) is 0 Å². The molecule has 0 aliphatic carbocycles. The van der Waals surface area contributed by atoms with Crippen LogP contribution in [-0.2, 0) is 0 Å². The van der Waals surface area contributed by atoms with Gasteiger partial charge in [-0.15, -0.1) is 0 Å². The van der Waals surface area contributed by atoms with Crippen molar-refractivity contribution < 1.29 is 13.9 Å². The average molecular weight is 341 g/mol. The number of fused-ring (bicyclic) bond motifs is 1. The van der Waals surface area contributed by atoms with Crippen molar-refractivity contribution >= 4 is 11.6 Å². The van der Waals surface area contributed by atoms with Gasteiger partial charge in [-0.25, -0.2) is 4.39 Å². The Bertz CT molecular complexity index is 880. The minimum absolute atomic E-state index is 0.245. The number of hydrogen-bond donors (Lipinski definition) is 0. The van der Waals surface area contributed by atoms with Crippen LogP contribution in [0.1, 0.15) is 11.7 Å². The largest absolute Gasteiger partial charge is 0.485 e. The molecule has 0 spiro atoms. The van der Waals surface area contributed by atoms with Crippen LogP contribution < -0.4 is 9.47 Å². The average Bonchev–Trinajstić information content (AvgIpc) is 2.61. The second kappa shape index (κ2) is 6.17. The normalized spacial score (nSPS) is 16.0. The summed E-state index contributed by atoms with van der Waals surface area (Å²) in [6, 6.07) is 20.3. The molecule has 0 saturated carbocycles. The third-order valence-corrected chi connectivity index (χ3v) is 4.26. The molecule has 1 heterocycles. The van der Waals surface area contributed by atoms with Crippen LogP contribution in [0.2, 0.25) is 5.02 Å². The lowest BCUT2D eigenvalue weighted by Gasteiger charge is -2.28. The standard InChI is InChI=1S/C20H14ClFO2/c21-14-9-10-16(17(22)11-14)19-12-23-20-15(7-4-8-18(20)24-19)13-5-2-1-3-6-13/h1-11,19H,12H2. The van der Waals surface area contributed by atoms with Crippen LogP contribution in [-0.4, -0.2) is 6.61 Å². The fourth-order valence-electron chi connectivity index (χ4n) is 2.86. The Morgan fingerprint density at radius 2 is 1.79 bits per heavy atom. The smallest absolute Gasteiger partial charge is 0.169 e. The third-order valence-electron chi connectivity index (χ3n) is 4.02. The van der Waals surface area contributed by atoms with Crippen molar-refractivity contribution in [3.05, 3.63) is 83.1 Å². The van der Waals surface area contributed by atoms with Crippen molar-refractivity contribution in [1.29, 1.82) is 0 Å². The zero-order valence-corrected chi connectivity index (χ0v) is 13.5. The quantitative estimate of drug-likeness (QED) is 0.599. The topological polar surface area (TPSA) is 18.5 Å². The van der Waals surface area contributed by atoms with Crippen molar-refractivity contribution in [2.75, 3.05) is 6.61 Å². The summed E-state index contributed by atoms with van der Waals surface area (Å²) in [5.74, 6) is 0.912. The number of para-hydroxylation sites is 1. The first-order chi connectivity index (χ1) is 11.7. The monoisotopic (exact) mass is 340 g/mol. The van der Waals surface area contributed by atoms with Gasteiger partial charge in [0.15, 0.2) is 17.6 Å². The van der Waals surface area contributed by atoms with E-state index in [0.29, 0.717) is 22.1 Å². The highest BCUT2D eigenvalue weighted by molar-refractivity contribution is 6.30. The van der Waals surface area contributed by atoms with E-state index < -0.39 is 11.9 Å². The van der Waals surface area contributed by atoms with Gasteiger partial charge in [-0.3, -0.25) is 0 Å². The Hall–Kier alpha value is -2.52. The lowest BCUT2D eigenvalue weighted by Crippen LogP contribution is -2.22. The molecule has 0 fully saturated rings. The summed E-state index contributed by atoms with van der Waals surface area (Å²) in [5, 5.41) is 0.361. The maximum atomic E-state index is 14.1. The molecule has 4 heteroatoms. The fourth-order valence-corrected chi connectivity index (χ4v) is 3.02. The van der Waals surface area contributed by atoms with Gasteiger partial charge in [-0.05, 0) is 23.8 Å². The summed E-state index contributed by atoms with van der Waals surface area (Å²) < 4.78 is 26.1. The third kappa shape index (κ3) is 2.72. The molecule has 0 aromatic heterocycles. The molecule has 1 aliphatic rings. The predicted molar refractivity (Wildman–Crippen MR) is 92.2 cm³/mol. The Kier molecular flexibility index (Phi) is 3.87. The summed E-state index contributed by atoms with van der Waals surface area (Å²) in [4.78, 5) is 0. The Labute approximate surface area is 144 Å². The van der Waals surface area contributed by atoms with Gasteiger partial charge in [0.25, 0.3) is 0 Å². The molecule has 1 unspecified atom stereocenters. The highest BCUT2D eigenvalue weighted by Gasteiger charge is 2.27. The number of halogens is 2. The van der Waals surface area contributed by atoms with Crippen molar-refractivity contribution in [3.63, 3.8) is 0 Å². The van der Waals surface area contributed by atoms with Gasteiger partial charge in [0, 0.05) is 16.1 Å². The predicted octanol–water partition coefficient (Wildman–Crippen LogP) is 5.66. The molecule has 1 aliphatic heterocycles. The van der Waals surface area contributed by atoms with Gasteiger partial charge in [-0.2, -0.15) is 0 Å². The minimum Gasteiger partial charge on any atom is -0.485 e. The number of ether oxygens (including phenoxy) is 2. The summed E-state index contributed by atoms with van der Waals surface area (Å²) in [6.45, 7) is 0.245. The van der Waals surface area contributed by atoms with Gasteiger partial charge >= 0.3 is 0 Å². The molecule has 3 aromatic carbocycles. The summed E-state index contributed by atoms with van der Waals surface area (Å²) in [6.07, 6.45) is -0.499. The highest BCUT2D eigenvalue weighted by atomic mass is 35.5. The molecule has 0 N–H and O–H groups in total. The van der Waals surface area contributed by atoms with Crippen LogP contribution in [0.3, 0.4) is 0 Å². The van der Waals surface area contributed by atoms with Crippen molar-refractivity contribution in [3.8, 4) is 22.6 Å². The maximum Gasteiger partial charge on any atom is 0.169 e. The first-order valence-electron chi connectivity index (χ1n) is 7.65. The minimum atomic E-state index is -0.499. The van der Waals surface area contributed by atoms with E-state index in [1.165, 1.54) is 6.07 Å². The van der Waals surface area contributed by atoms with Gasteiger partial charge in [0.1, 0.15) is 12.4 Å². The van der Waals surface area contributed by atoms with Crippen LogP contribution in [0, 0.1) is 5.82 Å². The highest BCUT2D eigenvalue weighted by Crippen LogP contribution is 2.43. The molecule has 3 aromatic rings. The van der Waals surface area contributed by atoms with E-state index in [1.807, 2.05) is 48.5 Å². The van der Waals surface area contributed by atoms with Gasteiger partial charge in [-0.1, -0.05) is 60.1 Å². The van der Waals surface area contributed by atoms with Crippen LogP contribution in [0.4, 0.5) is 4.39 Å². The van der Waals surface area contributed by atoms with E-state index in [9.17, 15) is 4.39 Å². The van der Waals surface area contributed by atoms with Crippen LogP contribution in [0.5, 0.6) is 11.5 Å². The zero-order chi connectivity index (χ0) is 16.5. The van der Waals surface area contributed by atoms with Crippen molar-refractivity contribution in [2.24, 2.45) is 0 Å². The van der Waals surface area contributed by atoms with E-state index >= 15 is 0 Å². The van der Waals surface area contributed by atoms with E-state index in [4.69, 9.17) is 21.1 Å². The fraction of sp³-hybridized carbons (Fsp3) is 0.100. The number of rotatable bonds is 2. The molecule has 1 atom stereocenters. The second-order valence-electron chi connectivity index (χ2n) is 5.58. The van der Waals surface area contributed by atoms with Gasteiger partial charge in [0.05, 0.1) is 0 Å². The molecule has 24 heavy (non-hydrogen) atoms. The zero-order valence-electron chi connectivity index (χ0n) is 12.7. The van der Waals surface area contributed by atoms with Gasteiger partial charge in [0.2, 0.25) is 0 Å². The first kappa shape index (κ1) is 15.0. The maximum absolute atomic E-state index is 14.1. The SMILES string of the molecule is Fc1cc(Cl)ccc1C1COc2c(cccc2-c2ccccc2)O1. The summed E-state index contributed by atoms with van der Waals surface area (Å²) in [5.41, 5.74) is 2.45. The molecule has 2 nitrogen and oxygen atoms in total. The van der Waals surface area contributed by atoms with Crippen LogP contribution in [0.15, 0.2) is 66.7 Å². The Morgan fingerprint density at radius 3 is 2.58 bits per heavy atom. The van der Waals surface area contributed by atoms with E-state index in [-0.39, 0.29) is 6.61 Å². The summed E-state index contributed by atoms with van der Waals surface area (Å²) in [7, 11) is 0. The van der Waals surface area contributed by atoms with E-state index in [0.717, 1.165) is 11.1 Å². The lowest BCUT2D eigenvalue weighted by molar-refractivity contribution is 0.0892. The molecular weight excluding hydrogens is 327 g/mol. The first-order valence-corrected chi connectivity index (χ1v) is 8.03. The lowest BCUT2D eigenvalue weighted by atomic mass is 10.0. The molecule has 0 saturated heterocycles. The molecule has 0 amide bonds. The summed E-state index contributed by atoms with van der Waals surface area (Å²) >= 11 is 5.81. The van der Waals surface area contributed by atoms with Crippen molar-refractivity contribution in [2.45, 2.75) is 6.10 Å². The Morgan fingerprint density at radius 1 is 0.958 bits per heavy atom. The second-order valence-corrected chi connectivity index (χ2v) is 6.02. The Balaban J connectivity index is 1.69. The molecule has 0 radical (unpaired) electrons. The van der Waals surface area contributed by atoms with Crippen LogP contribution >= 0.6 is 11.6 Å². The van der Waals surface area contributed by atoms with E-state index in [2.05, 4.69) is 0 Å².